The fraction of sp³-hybridized carbons (Fsp3) is 0. The second kappa shape index (κ2) is 23.6. The summed E-state index contributed by atoms with van der Waals surface area (Å²) in [5, 5.41) is 0. The average Bonchev–Trinajstić information content (AvgIpc) is 0. The second-order valence-corrected chi connectivity index (χ2v) is 0. The van der Waals surface area contributed by atoms with Crippen molar-refractivity contribution in [1.29, 1.82) is 0 Å². The van der Waals surface area contributed by atoms with Crippen LogP contribution in [0.5, 0.6) is 0 Å². The van der Waals surface area contributed by atoms with E-state index < -0.39 is 0 Å². The van der Waals surface area contributed by atoms with Crippen LogP contribution in [0, 0.1) is 0 Å². The van der Waals surface area contributed by atoms with Crippen molar-refractivity contribution < 1.29 is 131 Å². The molecule has 0 unspecified atom stereocenters. The summed E-state index contributed by atoms with van der Waals surface area (Å²) in [6, 6.07) is 0. The topological polar surface area (TPSA) is 0 Å². The third kappa shape index (κ3) is 17.7. The Morgan fingerprint density at radius 2 is 0.400 bits per heavy atom. The smallest absolute Gasteiger partial charge is 0 e. The van der Waals surface area contributed by atoms with Crippen molar-refractivity contribution in [2.45, 2.75) is 0 Å². The Morgan fingerprint density at radius 1 is 0.400 bits per heavy atom. The van der Waals surface area contributed by atoms with Crippen LogP contribution in [0.1, 0.15) is 0 Å². The Bertz CT molecular complexity index is 3.61. The van der Waals surface area contributed by atoms with Gasteiger partial charge in [-0.05, 0) is 0 Å². The van der Waals surface area contributed by atoms with Crippen molar-refractivity contribution in [1.82, 2.24) is 0 Å². The third-order valence-electron chi connectivity index (χ3n) is 0. The summed E-state index contributed by atoms with van der Waals surface area (Å²) in [6.07, 6.45) is 0. The molecule has 0 heterocycles. The van der Waals surface area contributed by atoms with Crippen LogP contribution in [0.3, 0.4) is 0 Å². The quantitative estimate of drug-likeness (QED) is 0.513. The van der Waals surface area contributed by atoms with E-state index in [0.29, 0.717) is 0 Å². The normalized spacial score (nSPS) is 0. The van der Waals surface area contributed by atoms with Crippen molar-refractivity contribution in [2.24, 2.45) is 0 Å². The maximum atomic E-state index is 0. The summed E-state index contributed by atoms with van der Waals surface area (Å²) in [7, 11) is 0. The molecule has 0 fully saturated rings. The van der Waals surface area contributed by atoms with Crippen molar-refractivity contribution in [3.05, 3.63) is 0 Å². The van der Waals surface area contributed by atoms with E-state index in [-0.39, 0.29) is 139 Å². The van der Waals surface area contributed by atoms with Gasteiger partial charge in [0, 0.05) is 139 Å². The first kappa shape index (κ1) is 34.0. The van der Waals surface area contributed by atoms with Crippen LogP contribution >= 0.6 is 0 Å². The van der Waals surface area contributed by atoms with Gasteiger partial charge in [0.1, 0.15) is 0 Å². The molecular formula is BY4. The van der Waals surface area contributed by atoms with E-state index in [1.54, 1.807) is 0 Å². The molecule has 0 nitrogen and oxygen atoms in total. The minimum Gasteiger partial charge on any atom is 0 e. The van der Waals surface area contributed by atoms with Crippen LogP contribution in [-0.2, 0) is 131 Å². The van der Waals surface area contributed by atoms with E-state index in [4.69, 9.17) is 0 Å². The van der Waals surface area contributed by atoms with Gasteiger partial charge in [-0.2, -0.15) is 0 Å². The molecule has 0 spiro atoms. The van der Waals surface area contributed by atoms with Gasteiger partial charge in [0.05, 0.1) is 0 Å². The average molecular weight is 366 g/mol. The Labute approximate surface area is 135 Å². The maximum Gasteiger partial charge on any atom is 0 e. The molecule has 0 aliphatic rings. The van der Waals surface area contributed by atoms with E-state index in [0.717, 1.165) is 0 Å². The predicted molar refractivity (Wildman–Crippen MR) is 5.75 cm³/mol. The summed E-state index contributed by atoms with van der Waals surface area (Å²) >= 11 is 0. The molecule has 0 atom stereocenters. The summed E-state index contributed by atoms with van der Waals surface area (Å²) in [4.78, 5) is 0. The molecule has 7 radical (unpaired) electrons. The largest absolute Gasteiger partial charge is 0 e. The van der Waals surface area contributed by atoms with Gasteiger partial charge in [-0.15, -0.1) is 0 Å². The van der Waals surface area contributed by atoms with Gasteiger partial charge in [0.2, 0.25) is 0 Å². The van der Waals surface area contributed by atoms with Crippen LogP contribution in [0.4, 0.5) is 0 Å². The number of hydrogen-bond donors (Lipinski definition) is 0. The van der Waals surface area contributed by atoms with Crippen molar-refractivity contribution >= 4 is 8.41 Å². The summed E-state index contributed by atoms with van der Waals surface area (Å²) in [5.41, 5.74) is 0. The van der Waals surface area contributed by atoms with Crippen LogP contribution in [-0.4, -0.2) is 8.41 Å². The SMILES string of the molecule is [B].[Y].[Y].[Y].[Y]. The van der Waals surface area contributed by atoms with Gasteiger partial charge in [-0.25, -0.2) is 0 Å². The molecule has 15 valence electrons. The summed E-state index contributed by atoms with van der Waals surface area (Å²) in [5.74, 6) is 0. The maximum absolute atomic E-state index is 0. The van der Waals surface area contributed by atoms with Gasteiger partial charge in [-0.3, -0.25) is 0 Å². The van der Waals surface area contributed by atoms with Gasteiger partial charge in [-0.1, -0.05) is 0 Å². The molecule has 0 saturated carbocycles. The first-order chi connectivity index (χ1) is 0. The standard InChI is InChI=1S/B.4Y. The van der Waals surface area contributed by atoms with Gasteiger partial charge < -0.3 is 0 Å². The Morgan fingerprint density at radius 3 is 0.400 bits per heavy atom. The van der Waals surface area contributed by atoms with Crippen LogP contribution in [0.25, 0.3) is 0 Å². The van der Waals surface area contributed by atoms with Crippen molar-refractivity contribution in [3.63, 3.8) is 0 Å². The number of hydrogen-bond acceptors (Lipinski definition) is 0. The Balaban J connectivity index is 0. The molecule has 0 aliphatic carbocycles. The fourth-order valence-corrected chi connectivity index (χ4v) is 0. The fourth-order valence-electron chi connectivity index (χ4n) is 0. The zero-order chi connectivity index (χ0) is 0. The van der Waals surface area contributed by atoms with E-state index in [1.807, 2.05) is 0 Å². The number of rotatable bonds is 0. The van der Waals surface area contributed by atoms with Gasteiger partial charge in [0.25, 0.3) is 0 Å². The molecule has 0 aliphatic heterocycles. The molecule has 0 rings (SSSR count). The van der Waals surface area contributed by atoms with Crippen LogP contribution in [0.15, 0.2) is 0 Å². The third-order valence-corrected chi connectivity index (χ3v) is 0. The Kier molecular flexibility index (Phi) is 161. The zero-order valence-corrected chi connectivity index (χ0v) is 14.2. The minimum atomic E-state index is 0. The van der Waals surface area contributed by atoms with Gasteiger partial charge >= 0.3 is 0 Å². The van der Waals surface area contributed by atoms with E-state index >= 15 is 0 Å². The predicted octanol–water partition coefficient (Wildman–Crippen LogP) is -0.391. The molecule has 0 N–H and O–H groups in total. The van der Waals surface area contributed by atoms with Gasteiger partial charge in [0.15, 0.2) is 0 Å². The van der Waals surface area contributed by atoms with Crippen LogP contribution < -0.4 is 0 Å². The summed E-state index contributed by atoms with van der Waals surface area (Å²) < 4.78 is 0. The molecule has 0 aromatic heterocycles. The zero-order valence-electron chi connectivity index (χ0n) is 2.89. The van der Waals surface area contributed by atoms with E-state index in [2.05, 4.69) is 0 Å². The first-order valence-corrected chi connectivity index (χ1v) is 0. The minimum absolute atomic E-state index is 0. The molecule has 5 heavy (non-hydrogen) atoms. The second-order valence-electron chi connectivity index (χ2n) is 0. The molecular weight excluding hydrogens is 366 g/mol. The van der Waals surface area contributed by atoms with E-state index in [1.165, 1.54) is 0 Å². The Hall–Kier alpha value is 4.48. The summed E-state index contributed by atoms with van der Waals surface area (Å²) in [6.45, 7) is 0. The monoisotopic (exact) mass is 367 g/mol. The van der Waals surface area contributed by atoms with Crippen molar-refractivity contribution in [2.75, 3.05) is 0 Å². The van der Waals surface area contributed by atoms with E-state index in [9.17, 15) is 0 Å². The molecule has 0 saturated heterocycles. The van der Waals surface area contributed by atoms with Crippen LogP contribution in [0.2, 0.25) is 0 Å². The molecule has 0 aromatic carbocycles. The molecule has 0 aromatic rings. The molecule has 0 amide bonds. The first-order valence-electron chi connectivity index (χ1n) is 0. The molecule has 5 heteroatoms. The molecule has 0 bridgehead atoms. The van der Waals surface area contributed by atoms with Crippen molar-refractivity contribution in [3.8, 4) is 0 Å².